The van der Waals surface area contributed by atoms with E-state index in [9.17, 15) is 0 Å². The van der Waals surface area contributed by atoms with Gasteiger partial charge >= 0.3 is 0 Å². The van der Waals surface area contributed by atoms with Gasteiger partial charge in [-0.15, -0.1) is 0 Å². The van der Waals surface area contributed by atoms with Crippen molar-refractivity contribution in [2.24, 2.45) is 0 Å². The van der Waals surface area contributed by atoms with Crippen molar-refractivity contribution in [3.63, 3.8) is 0 Å². The van der Waals surface area contributed by atoms with Crippen LogP contribution in [0.15, 0.2) is 18.3 Å². The molecule has 1 N–H and O–H groups in total. The van der Waals surface area contributed by atoms with Gasteiger partial charge in [0.15, 0.2) is 0 Å². The molecule has 106 valence electrons. The monoisotopic (exact) mass is 261 g/mol. The highest BCUT2D eigenvalue weighted by Crippen LogP contribution is 2.24. The summed E-state index contributed by atoms with van der Waals surface area (Å²) in [5.41, 5.74) is 2.62. The fraction of sp³-hybridized carbons (Fsp3) is 0.688. The zero-order valence-electron chi connectivity index (χ0n) is 12.7. The lowest BCUT2D eigenvalue weighted by Crippen LogP contribution is -2.49. The molecule has 0 saturated carbocycles. The third-order valence-corrected chi connectivity index (χ3v) is 3.71. The highest BCUT2D eigenvalue weighted by molar-refractivity contribution is 5.48. The first-order valence-corrected chi connectivity index (χ1v) is 7.40. The minimum Gasteiger partial charge on any atom is -0.367 e. The van der Waals surface area contributed by atoms with Crippen molar-refractivity contribution in [3.05, 3.63) is 24.0 Å². The van der Waals surface area contributed by atoms with Gasteiger partial charge in [0.05, 0.1) is 0 Å². The quantitative estimate of drug-likeness (QED) is 0.906. The highest BCUT2D eigenvalue weighted by Gasteiger charge is 2.24. The Morgan fingerprint density at radius 1 is 1.37 bits per heavy atom. The van der Waals surface area contributed by atoms with Gasteiger partial charge in [-0.05, 0) is 59.1 Å². The first kappa shape index (κ1) is 14.3. The molecule has 19 heavy (non-hydrogen) atoms. The Kier molecular flexibility index (Phi) is 4.46. The molecule has 1 unspecified atom stereocenters. The zero-order valence-corrected chi connectivity index (χ0v) is 12.7. The Morgan fingerprint density at radius 2 is 2.16 bits per heavy atom. The smallest absolute Gasteiger partial charge is 0.0414 e. The summed E-state index contributed by atoms with van der Waals surface area (Å²) in [4.78, 5) is 6.86. The Balaban J connectivity index is 2.07. The number of anilines is 1. The third kappa shape index (κ3) is 4.20. The normalized spacial score (nSPS) is 20.6. The maximum Gasteiger partial charge on any atom is 0.0414 e. The lowest BCUT2D eigenvalue weighted by molar-refractivity contribution is 0.366. The fourth-order valence-electron chi connectivity index (χ4n) is 2.69. The van der Waals surface area contributed by atoms with Gasteiger partial charge in [-0.3, -0.25) is 4.98 Å². The average Bonchev–Trinajstić information content (AvgIpc) is 2.36. The number of aryl methyl sites for hydroxylation is 1. The van der Waals surface area contributed by atoms with Crippen LogP contribution in [0.5, 0.6) is 0 Å². The third-order valence-electron chi connectivity index (χ3n) is 3.71. The van der Waals surface area contributed by atoms with Gasteiger partial charge in [0.1, 0.15) is 0 Å². The fourth-order valence-corrected chi connectivity index (χ4v) is 2.69. The number of rotatable bonds is 3. The Labute approximate surface area is 117 Å². The van der Waals surface area contributed by atoms with Gasteiger partial charge in [0.25, 0.3) is 0 Å². The second-order valence-corrected chi connectivity index (χ2v) is 6.63. The van der Waals surface area contributed by atoms with Gasteiger partial charge in [-0.25, -0.2) is 0 Å². The molecule has 0 bridgehead atoms. The van der Waals surface area contributed by atoms with Crippen molar-refractivity contribution < 1.29 is 0 Å². The van der Waals surface area contributed by atoms with E-state index in [0.29, 0.717) is 6.04 Å². The Morgan fingerprint density at radius 3 is 2.84 bits per heavy atom. The van der Waals surface area contributed by atoms with Crippen LogP contribution in [0.4, 0.5) is 5.69 Å². The predicted octanol–water partition coefficient (Wildman–Crippen LogP) is 3.14. The van der Waals surface area contributed by atoms with Crippen LogP contribution in [0.1, 0.15) is 45.7 Å². The van der Waals surface area contributed by atoms with E-state index in [1.165, 1.54) is 31.5 Å². The maximum atomic E-state index is 4.30. The molecule has 0 spiro atoms. The van der Waals surface area contributed by atoms with Crippen LogP contribution >= 0.6 is 0 Å². The highest BCUT2D eigenvalue weighted by atomic mass is 15.2. The lowest BCUT2D eigenvalue weighted by atomic mass is 9.99. The summed E-state index contributed by atoms with van der Waals surface area (Å²) in [6, 6.07) is 4.95. The molecular formula is C16H27N3. The second-order valence-electron chi connectivity index (χ2n) is 6.63. The van der Waals surface area contributed by atoms with Crippen molar-refractivity contribution in [2.75, 3.05) is 18.0 Å². The van der Waals surface area contributed by atoms with Gasteiger partial charge in [-0.2, -0.15) is 0 Å². The second kappa shape index (κ2) is 5.91. The summed E-state index contributed by atoms with van der Waals surface area (Å²) in [6.45, 7) is 11.0. The van der Waals surface area contributed by atoms with Crippen LogP contribution in [0.25, 0.3) is 0 Å². The lowest BCUT2D eigenvalue weighted by Gasteiger charge is -2.39. The molecule has 0 amide bonds. The molecule has 3 nitrogen and oxygen atoms in total. The molecule has 1 aromatic rings. The SMILES string of the molecule is Cc1cc(N2CCCCC2CNC(C)(C)C)ccn1. The molecule has 1 aliphatic rings. The van der Waals surface area contributed by atoms with Crippen LogP contribution in [0.2, 0.25) is 0 Å². The van der Waals surface area contributed by atoms with E-state index in [4.69, 9.17) is 0 Å². The van der Waals surface area contributed by atoms with Crippen LogP contribution in [0.3, 0.4) is 0 Å². The molecule has 1 fully saturated rings. The van der Waals surface area contributed by atoms with Crippen molar-refractivity contribution in [1.29, 1.82) is 0 Å². The standard InChI is InChI=1S/C16H27N3/c1-13-11-14(8-9-17-13)19-10-6-5-7-15(19)12-18-16(2,3)4/h8-9,11,15,18H,5-7,10,12H2,1-4H3. The molecule has 3 heteroatoms. The van der Waals surface area contributed by atoms with Crippen molar-refractivity contribution in [1.82, 2.24) is 10.3 Å². The van der Waals surface area contributed by atoms with Gasteiger partial charge in [-0.1, -0.05) is 0 Å². The Bertz CT molecular complexity index is 409. The van der Waals surface area contributed by atoms with E-state index in [-0.39, 0.29) is 5.54 Å². The number of hydrogen-bond acceptors (Lipinski definition) is 3. The van der Waals surface area contributed by atoms with E-state index in [0.717, 1.165) is 12.2 Å². The number of nitrogens with zero attached hydrogens (tertiary/aromatic N) is 2. The summed E-state index contributed by atoms with van der Waals surface area (Å²) in [7, 11) is 0. The van der Waals surface area contributed by atoms with Crippen LogP contribution in [0, 0.1) is 6.92 Å². The van der Waals surface area contributed by atoms with Crippen LogP contribution in [-0.4, -0.2) is 29.7 Å². The first-order valence-electron chi connectivity index (χ1n) is 7.40. The number of pyridine rings is 1. The van der Waals surface area contributed by atoms with E-state index < -0.39 is 0 Å². The molecular weight excluding hydrogens is 234 g/mol. The molecule has 1 saturated heterocycles. The van der Waals surface area contributed by atoms with Crippen molar-refractivity contribution >= 4 is 5.69 Å². The first-order chi connectivity index (χ1) is 8.96. The van der Waals surface area contributed by atoms with Gasteiger partial charge in [0, 0.05) is 42.2 Å². The van der Waals surface area contributed by atoms with Crippen LogP contribution < -0.4 is 10.2 Å². The van der Waals surface area contributed by atoms with Crippen LogP contribution in [-0.2, 0) is 0 Å². The van der Waals surface area contributed by atoms with E-state index >= 15 is 0 Å². The molecule has 2 heterocycles. The predicted molar refractivity (Wildman–Crippen MR) is 81.7 cm³/mol. The van der Waals surface area contributed by atoms with Crippen molar-refractivity contribution in [2.45, 2.75) is 58.5 Å². The minimum absolute atomic E-state index is 0.192. The summed E-state index contributed by atoms with van der Waals surface area (Å²) in [5.74, 6) is 0. The summed E-state index contributed by atoms with van der Waals surface area (Å²) in [5, 5.41) is 3.65. The summed E-state index contributed by atoms with van der Waals surface area (Å²) >= 11 is 0. The molecule has 2 rings (SSSR count). The molecule has 0 aliphatic carbocycles. The van der Waals surface area contributed by atoms with E-state index in [1.807, 2.05) is 6.20 Å². The largest absolute Gasteiger partial charge is 0.367 e. The minimum atomic E-state index is 0.192. The Hall–Kier alpha value is -1.09. The molecule has 1 aromatic heterocycles. The summed E-state index contributed by atoms with van der Waals surface area (Å²) < 4.78 is 0. The zero-order chi connectivity index (χ0) is 13.9. The average molecular weight is 261 g/mol. The summed E-state index contributed by atoms with van der Waals surface area (Å²) in [6.07, 6.45) is 5.85. The molecule has 1 aliphatic heterocycles. The number of hydrogen-bond donors (Lipinski definition) is 1. The number of piperidine rings is 1. The van der Waals surface area contributed by atoms with E-state index in [1.54, 1.807) is 0 Å². The molecule has 0 radical (unpaired) electrons. The topological polar surface area (TPSA) is 28.2 Å². The number of nitrogens with one attached hydrogen (secondary N) is 1. The van der Waals surface area contributed by atoms with Gasteiger partial charge in [0.2, 0.25) is 0 Å². The maximum absolute atomic E-state index is 4.30. The van der Waals surface area contributed by atoms with Gasteiger partial charge < -0.3 is 10.2 Å². The molecule has 0 aromatic carbocycles. The van der Waals surface area contributed by atoms with E-state index in [2.05, 4.69) is 55.0 Å². The molecule has 1 atom stereocenters. The number of aromatic nitrogens is 1. The van der Waals surface area contributed by atoms with Crippen molar-refractivity contribution in [3.8, 4) is 0 Å².